The molecule has 0 atom stereocenters. The number of hydrogen-bond acceptors (Lipinski definition) is 4. The molecule has 0 aliphatic heterocycles. The lowest BCUT2D eigenvalue weighted by molar-refractivity contribution is -0.0848. The minimum atomic E-state index is -0.208. The van der Waals surface area contributed by atoms with Crippen LogP contribution in [0.2, 0.25) is 0 Å². The van der Waals surface area contributed by atoms with E-state index in [0.29, 0.717) is 0 Å². The Hall–Kier alpha value is -1.00. The molecule has 1 aliphatic rings. The number of rotatable bonds is 6. The number of aromatic nitrogens is 2. The quantitative estimate of drug-likeness (QED) is 0.766. The van der Waals surface area contributed by atoms with Crippen molar-refractivity contribution < 1.29 is 4.74 Å². The van der Waals surface area contributed by atoms with Crippen LogP contribution in [0.1, 0.15) is 44.1 Å². The predicted molar refractivity (Wildman–Crippen MR) is 66.6 cm³/mol. The Labute approximate surface area is 103 Å². The third-order valence-electron chi connectivity index (χ3n) is 3.41. The van der Waals surface area contributed by atoms with Gasteiger partial charge in [-0.15, -0.1) is 0 Å². The van der Waals surface area contributed by atoms with Crippen molar-refractivity contribution in [2.24, 2.45) is 0 Å². The van der Waals surface area contributed by atoms with Crippen molar-refractivity contribution in [1.82, 2.24) is 15.3 Å². The van der Waals surface area contributed by atoms with Crippen LogP contribution in [0.5, 0.6) is 0 Å². The summed E-state index contributed by atoms with van der Waals surface area (Å²) >= 11 is 0. The average molecular weight is 235 g/mol. The monoisotopic (exact) mass is 235 g/mol. The van der Waals surface area contributed by atoms with Gasteiger partial charge >= 0.3 is 0 Å². The van der Waals surface area contributed by atoms with E-state index in [-0.39, 0.29) is 5.60 Å². The zero-order valence-electron chi connectivity index (χ0n) is 10.7. The summed E-state index contributed by atoms with van der Waals surface area (Å²) in [6.45, 7) is 3.99. The van der Waals surface area contributed by atoms with Crippen LogP contribution in [0.4, 0.5) is 0 Å². The molecule has 0 unspecified atom stereocenters. The lowest BCUT2D eigenvalue weighted by atomic mass is 9.79. The van der Waals surface area contributed by atoms with Crippen molar-refractivity contribution in [3.05, 3.63) is 23.8 Å². The van der Waals surface area contributed by atoms with Crippen LogP contribution in [0.3, 0.4) is 0 Å². The van der Waals surface area contributed by atoms with E-state index in [0.717, 1.165) is 43.9 Å². The van der Waals surface area contributed by atoms with E-state index in [4.69, 9.17) is 4.74 Å². The standard InChI is InChI=1S/C13H21N3O/c1-3-8-14-10-11-5-9-15-12(16-11)13(17-2)6-4-7-13/h5,9,14H,3-4,6-8,10H2,1-2H3. The second-order valence-corrected chi connectivity index (χ2v) is 4.60. The topological polar surface area (TPSA) is 47.0 Å². The van der Waals surface area contributed by atoms with Gasteiger partial charge in [0.2, 0.25) is 0 Å². The molecule has 1 N–H and O–H groups in total. The molecule has 1 saturated carbocycles. The molecule has 94 valence electrons. The summed E-state index contributed by atoms with van der Waals surface area (Å²) in [5.41, 5.74) is 0.840. The minimum Gasteiger partial charge on any atom is -0.370 e. The molecule has 0 aromatic carbocycles. The van der Waals surface area contributed by atoms with Crippen LogP contribution in [0, 0.1) is 0 Å². The van der Waals surface area contributed by atoms with Gasteiger partial charge in [0.15, 0.2) is 5.82 Å². The Morgan fingerprint density at radius 2 is 2.29 bits per heavy atom. The first-order valence-electron chi connectivity index (χ1n) is 6.39. The fourth-order valence-corrected chi connectivity index (χ4v) is 2.12. The number of nitrogens with one attached hydrogen (secondary N) is 1. The van der Waals surface area contributed by atoms with Crippen molar-refractivity contribution >= 4 is 0 Å². The summed E-state index contributed by atoms with van der Waals surface area (Å²) in [6.07, 6.45) is 6.25. The molecule has 1 aromatic heterocycles. The summed E-state index contributed by atoms with van der Waals surface area (Å²) in [7, 11) is 1.75. The van der Waals surface area contributed by atoms with Crippen LogP contribution in [-0.4, -0.2) is 23.6 Å². The molecule has 0 radical (unpaired) electrons. The average Bonchev–Trinajstić information content (AvgIpc) is 2.29. The van der Waals surface area contributed by atoms with Crippen LogP contribution in [-0.2, 0) is 16.9 Å². The smallest absolute Gasteiger partial charge is 0.160 e. The molecular formula is C13H21N3O. The second-order valence-electron chi connectivity index (χ2n) is 4.60. The lowest BCUT2D eigenvalue weighted by Gasteiger charge is -2.38. The molecule has 1 aliphatic carbocycles. The summed E-state index contributed by atoms with van der Waals surface area (Å²) in [6, 6.07) is 1.97. The molecule has 0 spiro atoms. The van der Waals surface area contributed by atoms with E-state index in [1.54, 1.807) is 7.11 Å². The summed E-state index contributed by atoms with van der Waals surface area (Å²) < 4.78 is 5.60. The predicted octanol–water partition coefficient (Wildman–Crippen LogP) is 2.00. The molecule has 2 rings (SSSR count). The molecule has 0 saturated heterocycles. The Morgan fingerprint density at radius 1 is 1.47 bits per heavy atom. The van der Waals surface area contributed by atoms with Crippen molar-refractivity contribution in [3.63, 3.8) is 0 Å². The first-order valence-corrected chi connectivity index (χ1v) is 6.39. The van der Waals surface area contributed by atoms with Crippen molar-refractivity contribution in [3.8, 4) is 0 Å². The highest BCUT2D eigenvalue weighted by atomic mass is 16.5. The summed E-state index contributed by atoms with van der Waals surface area (Å²) in [5, 5.41) is 3.35. The Kier molecular flexibility index (Phi) is 4.07. The molecule has 17 heavy (non-hydrogen) atoms. The van der Waals surface area contributed by atoms with Gasteiger partial charge in [-0.1, -0.05) is 6.92 Å². The van der Waals surface area contributed by atoms with E-state index in [1.165, 1.54) is 6.42 Å². The van der Waals surface area contributed by atoms with Gasteiger partial charge in [-0.05, 0) is 38.3 Å². The zero-order valence-corrected chi connectivity index (χ0v) is 10.7. The van der Waals surface area contributed by atoms with Gasteiger partial charge in [-0.25, -0.2) is 9.97 Å². The van der Waals surface area contributed by atoms with Crippen LogP contribution >= 0.6 is 0 Å². The van der Waals surface area contributed by atoms with Crippen LogP contribution in [0.15, 0.2) is 12.3 Å². The molecule has 1 fully saturated rings. The van der Waals surface area contributed by atoms with Gasteiger partial charge in [0, 0.05) is 19.9 Å². The van der Waals surface area contributed by atoms with Crippen LogP contribution < -0.4 is 5.32 Å². The molecule has 4 heteroatoms. The minimum absolute atomic E-state index is 0.208. The van der Waals surface area contributed by atoms with Crippen molar-refractivity contribution in [2.75, 3.05) is 13.7 Å². The number of nitrogens with zero attached hydrogens (tertiary/aromatic N) is 2. The van der Waals surface area contributed by atoms with Gasteiger partial charge in [-0.3, -0.25) is 0 Å². The van der Waals surface area contributed by atoms with Gasteiger partial charge in [-0.2, -0.15) is 0 Å². The number of hydrogen-bond donors (Lipinski definition) is 1. The highest BCUT2D eigenvalue weighted by Gasteiger charge is 2.41. The Balaban J connectivity index is 2.05. The van der Waals surface area contributed by atoms with Crippen molar-refractivity contribution in [1.29, 1.82) is 0 Å². The normalized spacial score (nSPS) is 17.8. The van der Waals surface area contributed by atoms with E-state index >= 15 is 0 Å². The fraction of sp³-hybridized carbons (Fsp3) is 0.692. The Bertz CT molecular complexity index is 358. The third kappa shape index (κ3) is 2.64. The summed E-state index contributed by atoms with van der Waals surface area (Å²) in [5.74, 6) is 0.849. The summed E-state index contributed by atoms with van der Waals surface area (Å²) in [4.78, 5) is 8.98. The van der Waals surface area contributed by atoms with E-state index < -0.39 is 0 Å². The molecule has 0 bridgehead atoms. The van der Waals surface area contributed by atoms with E-state index in [2.05, 4.69) is 22.2 Å². The SMILES string of the molecule is CCCNCc1ccnc(C2(OC)CCC2)n1. The van der Waals surface area contributed by atoms with Crippen molar-refractivity contribution in [2.45, 2.75) is 44.8 Å². The van der Waals surface area contributed by atoms with E-state index in [9.17, 15) is 0 Å². The first-order chi connectivity index (χ1) is 8.30. The molecule has 1 aromatic rings. The van der Waals surface area contributed by atoms with Gasteiger partial charge in [0.05, 0.1) is 5.69 Å². The number of methoxy groups -OCH3 is 1. The number of ether oxygens (including phenoxy) is 1. The van der Waals surface area contributed by atoms with Gasteiger partial charge < -0.3 is 10.1 Å². The molecular weight excluding hydrogens is 214 g/mol. The molecule has 4 nitrogen and oxygen atoms in total. The Morgan fingerprint density at radius 3 is 2.88 bits per heavy atom. The zero-order chi connectivity index (χ0) is 12.1. The maximum Gasteiger partial charge on any atom is 0.160 e. The maximum atomic E-state index is 5.60. The largest absolute Gasteiger partial charge is 0.370 e. The van der Waals surface area contributed by atoms with Crippen LogP contribution in [0.25, 0.3) is 0 Å². The maximum absolute atomic E-state index is 5.60. The third-order valence-corrected chi connectivity index (χ3v) is 3.41. The molecule has 0 amide bonds. The van der Waals surface area contributed by atoms with Gasteiger partial charge in [0.1, 0.15) is 5.60 Å². The first kappa shape index (κ1) is 12.5. The van der Waals surface area contributed by atoms with E-state index in [1.807, 2.05) is 12.3 Å². The highest BCUT2D eigenvalue weighted by molar-refractivity contribution is 5.11. The highest BCUT2D eigenvalue weighted by Crippen LogP contribution is 2.42. The fourth-order valence-electron chi connectivity index (χ4n) is 2.12. The molecule has 1 heterocycles. The van der Waals surface area contributed by atoms with Gasteiger partial charge in [0.25, 0.3) is 0 Å². The lowest BCUT2D eigenvalue weighted by Crippen LogP contribution is -2.38. The second kappa shape index (κ2) is 5.56.